The van der Waals surface area contributed by atoms with E-state index in [0.717, 1.165) is 11.4 Å². The van der Waals surface area contributed by atoms with E-state index in [1.165, 1.54) is 0 Å². The van der Waals surface area contributed by atoms with Crippen molar-refractivity contribution in [2.45, 2.75) is 26.3 Å². The third kappa shape index (κ3) is 2.90. The van der Waals surface area contributed by atoms with Crippen LogP contribution in [0.25, 0.3) is 0 Å². The number of aryl methyl sites for hydroxylation is 1. The highest BCUT2D eigenvalue weighted by Gasteiger charge is 2.20. The molecule has 0 radical (unpaired) electrons. The first kappa shape index (κ1) is 13.5. The maximum Gasteiger partial charge on any atom is 0.295 e. The molecule has 1 unspecified atom stereocenters. The molecule has 1 aromatic heterocycles. The lowest BCUT2D eigenvalue weighted by atomic mass is 10.1. The van der Waals surface area contributed by atoms with Gasteiger partial charge in [-0.2, -0.15) is 0 Å². The summed E-state index contributed by atoms with van der Waals surface area (Å²) in [7, 11) is 0. The Morgan fingerprint density at radius 3 is 2.89 bits per heavy atom. The van der Waals surface area contributed by atoms with Crippen LogP contribution in [0.3, 0.4) is 0 Å². The molecule has 1 heterocycles. The number of hydrogen-bond acceptors (Lipinski definition) is 5. The van der Waals surface area contributed by atoms with E-state index in [-0.39, 0.29) is 16.7 Å². The highest BCUT2D eigenvalue weighted by atomic mass is 32.1. The van der Waals surface area contributed by atoms with Gasteiger partial charge in [0.25, 0.3) is 5.69 Å². The molecule has 1 N–H and O–H groups in total. The predicted octanol–water partition coefficient (Wildman–Crippen LogP) is 3.92. The van der Waals surface area contributed by atoms with E-state index in [0.29, 0.717) is 11.3 Å². The minimum Gasteiger partial charge on any atom is -0.370 e. The van der Waals surface area contributed by atoms with Gasteiger partial charge in [0.1, 0.15) is 10.7 Å². The third-order valence-electron chi connectivity index (χ3n) is 2.91. The fourth-order valence-electron chi connectivity index (χ4n) is 1.95. The van der Waals surface area contributed by atoms with Gasteiger partial charge in [-0.25, -0.2) is 4.98 Å². The first-order valence-corrected chi connectivity index (χ1v) is 6.91. The zero-order valence-corrected chi connectivity index (χ0v) is 11.6. The lowest BCUT2D eigenvalue weighted by molar-refractivity contribution is -0.384. The first-order chi connectivity index (χ1) is 9.13. The van der Waals surface area contributed by atoms with Crippen molar-refractivity contribution < 1.29 is 4.92 Å². The van der Waals surface area contributed by atoms with Crippen LogP contribution in [0, 0.1) is 17.0 Å². The van der Waals surface area contributed by atoms with Gasteiger partial charge in [-0.3, -0.25) is 10.1 Å². The van der Waals surface area contributed by atoms with Crippen molar-refractivity contribution in [2.75, 3.05) is 5.32 Å². The minimum absolute atomic E-state index is 0.000463. The van der Waals surface area contributed by atoms with Crippen LogP contribution in [0.5, 0.6) is 0 Å². The summed E-state index contributed by atoms with van der Waals surface area (Å²) in [6.45, 7) is 3.77. The minimum atomic E-state index is -0.341. The summed E-state index contributed by atoms with van der Waals surface area (Å²) in [4.78, 5) is 15.1. The summed E-state index contributed by atoms with van der Waals surface area (Å²) in [6.07, 6.45) is 2.56. The molecular weight excluding hydrogens is 262 g/mol. The van der Waals surface area contributed by atoms with Crippen molar-refractivity contribution in [3.05, 3.63) is 50.5 Å². The second-order valence-electron chi connectivity index (χ2n) is 4.20. The molecule has 0 fully saturated rings. The summed E-state index contributed by atoms with van der Waals surface area (Å²) < 4.78 is 0. The van der Waals surface area contributed by atoms with Crippen LogP contribution < -0.4 is 5.32 Å². The molecule has 1 aromatic carbocycles. The smallest absolute Gasteiger partial charge is 0.295 e. The second-order valence-corrected chi connectivity index (χ2v) is 5.13. The molecule has 6 heteroatoms. The SMILES string of the molecule is CCC(Nc1cccc(C)c1[N+](=O)[O-])c1nccs1. The summed E-state index contributed by atoms with van der Waals surface area (Å²) in [6, 6.07) is 5.30. The van der Waals surface area contributed by atoms with Crippen LogP contribution in [0.15, 0.2) is 29.8 Å². The second kappa shape index (κ2) is 5.79. The maximum absolute atomic E-state index is 11.2. The number of thiazole rings is 1. The molecule has 0 aliphatic rings. The summed E-state index contributed by atoms with van der Waals surface area (Å²) >= 11 is 1.55. The summed E-state index contributed by atoms with van der Waals surface area (Å²) in [5, 5.41) is 17.2. The van der Waals surface area contributed by atoms with Crippen molar-refractivity contribution >= 4 is 22.7 Å². The lowest BCUT2D eigenvalue weighted by Gasteiger charge is -2.16. The largest absolute Gasteiger partial charge is 0.370 e. The van der Waals surface area contributed by atoms with Gasteiger partial charge >= 0.3 is 0 Å². The zero-order chi connectivity index (χ0) is 13.8. The van der Waals surface area contributed by atoms with Crippen molar-refractivity contribution in [2.24, 2.45) is 0 Å². The number of nitrogens with zero attached hydrogens (tertiary/aromatic N) is 2. The number of rotatable bonds is 5. The van der Waals surface area contributed by atoms with E-state index < -0.39 is 0 Å². The Labute approximate surface area is 115 Å². The highest BCUT2D eigenvalue weighted by molar-refractivity contribution is 7.09. The van der Waals surface area contributed by atoms with Crippen molar-refractivity contribution in [1.29, 1.82) is 0 Å². The Hall–Kier alpha value is -1.95. The van der Waals surface area contributed by atoms with E-state index in [1.807, 2.05) is 18.4 Å². The van der Waals surface area contributed by atoms with Crippen molar-refractivity contribution in [3.63, 3.8) is 0 Å². The Bertz CT molecular complexity index is 569. The maximum atomic E-state index is 11.2. The van der Waals surface area contributed by atoms with E-state index >= 15 is 0 Å². The van der Waals surface area contributed by atoms with Crippen molar-refractivity contribution in [3.8, 4) is 0 Å². The van der Waals surface area contributed by atoms with Gasteiger partial charge in [-0.05, 0) is 19.4 Å². The fraction of sp³-hybridized carbons (Fsp3) is 0.308. The molecule has 0 bridgehead atoms. The van der Waals surface area contributed by atoms with Gasteiger partial charge in [0, 0.05) is 17.1 Å². The Morgan fingerprint density at radius 1 is 1.53 bits per heavy atom. The molecule has 2 rings (SSSR count). The molecule has 100 valence electrons. The highest BCUT2D eigenvalue weighted by Crippen LogP contribution is 2.32. The molecule has 1 atom stereocenters. The number of nitro groups is 1. The quantitative estimate of drug-likeness (QED) is 0.664. The van der Waals surface area contributed by atoms with E-state index in [9.17, 15) is 10.1 Å². The van der Waals surface area contributed by atoms with Crippen LogP contribution in [0.1, 0.15) is 30.0 Å². The average molecular weight is 277 g/mol. The number of hydrogen-bond donors (Lipinski definition) is 1. The van der Waals surface area contributed by atoms with E-state index in [2.05, 4.69) is 10.3 Å². The normalized spacial score (nSPS) is 12.1. The van der Waals surface area contributed by atoms with Crippen LogP contribution in [-0.2, 0) is 0 Å². The van der Waals surface area contributed by atoms with Crippen LogP contribution in [0.4, 0.5) is 11.4 Å². The van der Waals surface area contributed by atoms with Crippen LogP contribution in [0.2, 0.25) is 0 Å². The molecule has 2 aromatic rings. The summed E-state index contributed by atoms with van der Waals surface area (Å²) in [5.41, 5.74) is 1.34. The average Bonchev–Trinajstić information content (AvgIpc) is 2.89. The van der Waals surface area contributed by atoms with Crippen molar-refractivity contribution in [1.82, 2.24) is 4.98 Å². The standard InChI is InChI=1S/C13H15N3O2S/c1-3-10(13-14-7-8-19-13)15-11-6-4-5-9(2)12(11)16(17)18/h4-8,10,15H,3H2,1-2H3. The van der Waals surface area contributed by atoms with Crippen LogP contribution >= 0.6 is 11.3 Å². The molecule has 5 nitrogen and oxygen atoms in total. The molecule has 0 aliphatic heterocycles. The van der Waals surface area contributed by atoms with Gasteiger partial charge < -0.3 is 5.32 Å². The lowest BCUT2D eigenvalue weighted by Crippen LogP contribution is -2.11. The molecule has 0 saturated heterocycles. The monoisotopic (exact) mass is 277 g/mol. The fourth-order valence-corrected chi connectivity index (χ4v) is 2.72. The van der Waals surface area contributed by atoms with Crippen LogP contribution in [-0.4, -0.2) is 9.91 Å². The molecule has 0 amide bonds. The van der Waals surface area contributed by atoms with Gasteiger partial charge in [-0.15, -0.1) is 11.3 Å². The Morgan fingerprint density at radius 2 is 2.32 bits per heavy atom. The van der Waals surface area contributed by atoms with Gasteiger partial charge in [0.15, 0.2) is 0 Å². The zero-order valence-electron chi connectivity index (χ0n) is 10.8. The Balaban J connectivity index is 2.32. The number of aromatic nitrogens is 1. The molecular formula is C13H15N3O2S. The number of benzene rings is 1. The molecule has 19 heavy (non-hydrogen) atoms. The van der Waals surface area contributed by atoms with E-state index in [1.54, 1.807) is 36.6 Å². The molecule has 0 saturated carbocycles. The Kier molecular flexibility index (Phi) is 4.11. The number of nitro benzene ring substituents is 1. The first-order valence-electron chi connectivity index (χ1n) is 6.03. The third-order valence-corrected chi connectivity index (χ3v) is 3.80. The van der Waals surface area contributed by atoms with Gasteiger partial charge in [0.05, 0.1) is 11.0 Å². The number of para-hydroxylation sites is 1. The number of nitrogens with one attached hydrogen (secondary N) is 1. The predicted molar refractivity (Wildman–Crippen MR) is 76.6 cm³/mol. The van der Waals surface area contributed by atoms with Gasteiger partial charge in [-0.1, -0.05) is 19.1 Å². The molecule has 0 spiro atoms. The summed E-state index contributed by atoms with van der Waals surface area (Å²) in [5.74, 6) is 0. The topological polar surface area (TPSA) is 68.1 Å². The molecule has 0 aliphatic carbocycles. The van der Waals surface area contributed by atoms with E-state index in [4.69, 9.17) is 0 Å². The van der Waals surface area contributed by atoms with Gasteiger partial charge in [0.2, 0.25) is 0 Å². The number of anilines is 1.